The number of hydrogen-bond acceptors (Lipinski definition) is 6. The molecule has 2 aliphatic rings. The van der Waals surface area contributed by atoms with Crippen LogP contribution in [0.15, 0.2) is 42.0 Å². The summed E-state index contributed by atoms with van der Waals surface area (Å²) in [6, 6.07) is 1.68. The minimum absolute atomic E-state index is 0.0176. The van der Waals surface area contributed by atoms with Gasteiger partial charge in [0, 0.05) is 18.5 Å². The van der Waals surface area contributed by atoms with Crippen LogP contribution in [0.2, 0.25) is 0 Å². The lowest BCUT2D eigenvalue weighted by Gasteiger charge is -2.27. The Morgan fingerprint density at radius 3 is 3.08 bits per heavy atom. The van der Waals surface area contributed by atoms with E-state index in [1.165, 1.54) is 0 Å². The number of anilines is 1. The summed E-state index contributed by atoms with van der Waals surface area (Å²) in [5.74, 6) is 0.850. The third kappa shape index (κ3) is 3.06. The van der Waals surface area contributed by atoms with Crippen LogP contribution in [-0.4, -0.2) is 39.0 Å². The Morgan fingerprint density at radius 2 is 2.19 bits per heavy atom. The van der Waals surface area contributed by atoms with E-state index in [9.17, 15) is 5.11 Å². The van der Waals surface area contributed by atoms with Crippen molar-refractivity contribution in [3.05, 3.63) is 42.0 Å². The molecule has 1 aliphatic carbocycles. The Bertz CT molecular complexity index is 913. The number of aromatic nitrogens is 3. The average Bonchev–Trinajstić information content (AvgIpc) is 2.93. The van der Waals surface area contributed by atoms with Gasteiger partial charge >= 0.3 is 0 Å². The molecule has 2 atom stereocenters. The van der Waals surface area contributed by atoms with Crippen LogP contribution in [-0.2, 0) is 11.3 Å². The largest absolute Gasteiger partial charge is 0.480 e. The number of ether oxygens (including phenoxy) is 2. The maximum Gasteiger partial charge on any atom is 0.295 e. The van der Waals surface area contributed by atoms with Crippen LogP contribution in [0.1, 0.15) is 13.3 Å². The van der Waals surface area contributed by atoms with Gasteiger partial charge < -0.3 is 20.3 Å². The van der Waals surface area contributed by atoms with Gasteiger partial charge in [-0.2, -0.15) is 9.97 Å². The summed E-state index contributed by atoms with van der Waals surface area (Å²) < 4.78 is 13.4. The number of rotatable bonds is 0. The van der Waals surface area contributed by atoms with Gasteiger partial charge in [0.15, 0.2) is 5.82 Å². The van der Waals surface area contributed by atoms with Crippen molar-refractivity contribution < 1.29 is 14.6 Å². The van der Waals surface area contributed by atoms with Gasteiger partial charge in [0.1, 0.15) is 12.1 Å². The van der Waals surface area contributed by atoms with E-state index in [1.54, 1.807) is 10.6 Å². The van der Waals surface area contributed by atoms with Crippen LogP contribution in [0, 0.1) is 5.92 Å². The number of nitrogens with two attached hydrogens (primary N) is 1. The molecule has 3 N–H and O–H groups in total. The van der Waals surface area contributed by atoms with Crippen LogP contribution in [0.5, 0.6) is 11.9 Å². The van der Waals surface area contributed by atoms with Crippen molar-refractivity contribution >= 4 is 16.9 Å². The number of pyridine rings is 1. The number of aromatic hydroxyl groups is 1. The fourth-order valence-corrected chi connectivity index (χ4v) is 3.33. The molecule has 7 heteroatoms. The highest BCUT2D eigenvalue weighted by Gasteiger charge is 2.24. The van der Waals surface area contributed by atoms with Crippen molar-refractivity contribution in [3.63, 3.8) is 0 Å². The molecule has 0 saturated carbocycles. The minimum atomic E-state index is -0.0880. The van der Waals surface area contributed by atoms with Crippen molar-refractivity contribution in [2.45, 2.75) is 26.0 Å². The van der Waals surface area contributed by atoms with E-state index >= 15 is 0 Å². The molecule has 2 aromatic rings. The van der Waals surface area contributed by atoms with E-state index in [2.05, 4.69) is 29.0 Å². The van der Waals surface area contributed by atoms with Crippen molar-refractivity contribution in [2.75, 3.05) is 18.9 Å². The van der Waals surface area contributed by atoms with Crippen LogP contribution >= 0.6 is 0 Å². The zero-order chi connectivity index (χ0) is 18.1. The number of hydrogen-bond donors (Lipinski definition) is 2. The molecule has 2 aromatic heterocycles. The predicted octanol–water partition coefficient (Wildman–Crippen LogP) is 2.58. The molecule has 4 rings (SSSR count). The molecule has 0 radical (unpaired) electrons. The second kappa shape index (κ2) is 6.84. The third-order valence-corrected chi connectivity index (χ3v) is 4.84. The summed E-state index contributed by atoms with van der Waals surface area (Å²) in [4.78, 5) is 8.40. The summed E-state index contributed by atoms with van der Waals surface area (Å²) in [7, 11) is 0. The quantitative estimate of drug-likeness (QED) is 0.706. The van der Waals surface area contributed by atoms with E-state index in [0.29, 0.717) is 36.7 Å². The van der Waals surface area contributed by atoms with Gasteiger partial charge in [-0.1, -0.05) is 37.3 Å². The van der Waals surface area contributed by atoms with Crippen LogP contribution in [0.25, 0.3) is 11.0 Å². The molecule has 0 aromatic carbocycles. The van der Waals surface area contributed by atoms with Gasteiger partial charge in [-0.25, -0.2) is 0 Å². The first-order valence-corrected chi connectivity index (χ1v) is 8.76. The molecule has 7 nitrogen and oxygen atoms in total. The molecule has 0 saturated heterocycles. The topological polar surface area (TPSA) is 95.4 Å². The van der Waals surface area contributed by atoms with E-state index < -0.39 is 0 Å². The monoisotopic (exact) mass is 354 g/mol. The van der Waals surface area contributed by atoms with Gasteiger partial charge in [0.05, 0.1) is 18.2 Å². The maximum absolute atomic E-state index is 10.4. The highest BCUT2D eigenvalue weighted by Crippen LogP contribution is 2.31. The van der Waals surface area contributed by atoms with Crippen molar-refractivity contribution in [1.29, 1.82) is 0 Å². The van der Waals surface area contributed by atoms with E-state index in [1.807, 2.05) is 18.2 Å². The van der Waals surface area contributed by atoms with Crippen LogP contribution in [0.4, 0.5) is 5.82 Å². The fraction of sp³-hybridized carbons (Fsp3) is 0.368. The van der Waals surface area contributed by atoms with Gasteiger partial charge in [0.25, 0.3) is 6.01 Å². The summed E-state index contributed by atoms with van der Waals surface area (Å²) >= 11 is 0. The SMILES string of the molecule is CC1C2=CC=CC1OCC/C=C/COc1cc3c(nc(O)n3C2)c(N)n1. The number of nitrogen functional groups attached to an aromatic ring is 1. The Kier molecular flexibility index (Phi) is 4.38. The number of nitrogens with zero attached hydrogens (tertiary/aromatic N) is 3. The summed E-state index contributed by atoms with van der Waals surface area (Å²) in [5, 5.41) is 10.4. The molecule has 26 heavy (non-hydrogen) atoms. The van der Waals surface area contributed by atoms with E-state index in [0.717, 1.165) is 12.0 Å². The fourth-order valence-electron chi connectivity index (χ4n) is 3.33. The van der Waals surface area contributed by atoms with E-state index in [-0.39, 0.29) is 23.9 Å². The first kappa shape index (κ1) is 16.7. The smallest absolute Gasteiger partial charge is 0.295 e. The third-order valence-electron chi connectivity index (χ3n) is 4.84. The van der Waals surface area contributed by atoms with Crippen molar-refractivity contribution in [3.8, 4) is 11.9 Å². The normalized spacial score (nSPS) is 24.6. The van der Waals surface area contributed by atoms with Gasteiger partial charge in [-0.05, 0) is 12.0 Å². The highest BCUT2D eigenvalue weighted by atomic mass is 16.5. The summed E-state index contributed by atoms with van der Waals surface area (Å²) in [5.41, 5.74) is 8.34. The molecule has 4 bridgehead atoms. The summed E-state index contributed by atoms with van der Waals surface area (Å²) in [6.45, 7) is 3.66. The first-order valence-electron chi connectivity index (χ1n) is 8.76. The standard InChI is InChI=1S/C19H22N4O3/c1-12-13-6-5-7-15(12)25-8-3-2-4-9-26-16-10-14-17(18(20)21-16)22-19(24)23(14)11-13/h2,4-7,10,12,15H,3,8-9,11H2,1H3,(H2,20,21)(H,22,24)/b4-2+. The van der Waals surface area contributed by atoms with Crippen LogP contribution in [0.3, 0.4) is 0 Å². The average molecular weight is 354 g/mol. The molecule has 2 unspecified atom stereocenters. The lowest BCUT2D eigenvalue weighted by molar-refractivity contribution is 0.0606. The predicted molar refractivity (Wildman–Crippen MR) is 99.0 cm³/mol. The molecule has 136 valence electrons. The van der Waals surface area contributed by atoms with E-state index in [4.69, 9.17) is 15.2 Å². The lowest BCUT2D eigenvalue weighted by atomic mass is 9.90. The van der Waals surface area contributed by atoms with Crippen molar-refractivity contribution in [2.24, 2.45) is 5.92 Å². The summed E-state index contributed by atoms with van der Waals surface area (Å²) in [6.07, 6.45) is 11.0. The molecule has 0 amide bonds. The minimum Gasteiger partial charge on any atom is -0.480 e. The number of allylic oxidation sites excluding steroid dienone is 2. The second-order valence-corrected chi connectivity index (χ2v) is 6.53. The zero-order valence-electron chi connectivity index (χ0n) is 14.6. The highest BCUT2D eigenvalue weighted by molar-refractivity contribution is 5.87. The lowest BCUT2D eigenvalue weighted by Crippen LogP contribution is -2.25. The first-order chi connectivity index (χ1) is 12.6. The van der Waals surface area contributed by atoms with Gasteiger partial charge in [0.2, 0.25) is 5.88 Å². The second-order valence-electron chi connectivity index (χ2n) is 6.53. The van der Waals surface area contributed by atoms with Crippen LogP contribution < -0.4 is 10.5 Å². The molecule has 0 spiro atoms. The van der Waals surface area contributed by atoms with Gasteiger partial charge in [-0.15, -0.1) is 0 Å². The van der Waals surface area contributed by atoms with Crippen molar-refractivity contribution in [1.82, 2.24) is 14.5 Å². The molecule has 0 fully saturated rings. The Labute approximate surface area is 151 Å². The molecular formula is C19H22N4O3. The Balaban J connectivity index is 1.80. The zero-order valence-corrected chi connectivity index (χ0v) is 14.6. The van der Waals surface area contributed by atoms with Gasteiger partial charge in [-0.3, -0.25) is 4.57 Å². The molecule has 3 heterocycles. The maximum atomic E-state index is 10.4. The Morgan fingerprint density at radius 1 is 1.31 bits per heavy atom. The number of imidazole rings is 1. The number of fused-ring (bicyclic) bond motifs is 3. The Hall–Kier alpha value is -2.80. The molecule has 1 aliphatic heterocycles. The molecular weight excluding hydrogens is 332 g/mol.